The van der Waals surface area contributed by atoms with Gasteiger partial charge in [-0.2, -0.15) is 0 Å². The van der Waals surface area contributed by atoms with Crippen LogP contribution in [0.15, 0.2) is 46.6 Å². The van der Waals surface area contributed by atoms with E-state index in [1.807, 2.05) is 35.9 Å². The zero-order chi connectivity index (χ0) is 25.2. The predicted molar refractivity (Wildman–Crippen MR) is 142 cm³/mol. The van der Waals surface area contributed by atoms with Gasteiger partial charge in [0.25, 0.3) is 5.56 Å². The second-order valence-electron chi connectivity index (χ2n) is 9.99. The number of hydrogen-bond acceptors (Lipinski definition) is 8. The van der Waals surface area contributed by atoms with Crippen LogP contribution >= 0.6 is 11.3 Å². The summed E-state index contributed by atoms with van der Waals surface area (Å²) in [6, 6.07) is 11.8. The van der Waals surface area contributed by atoms with Crippen molar-refractivity contribution in [3.05, 3.63) is 74.0 Å². The van der Waals surface area contributed by atoms with E-state index in [9.17, 15) is 4.79 Å². The van der Waals surface area contributed by atoms with Crippen molar-refractivity contribution in [2.75, 3.05) is 19.8 Å². The number of nitrogens with zero attached hydrogens (tertiary/aromatic N) is 5. The molecule has 0 spiro atoms. The molecule has 6 rings (SSSR count). The number of hydrogen-bond donors (Lipinski definition) is 1. The molecule has 5 heterocycles. The van der Waals surface area contributed by atoms with Gasteiger partial charge >= 0.3 is 0 Å². The van der Waals surface area contributed by atoms with Crippen LogP contribution in [0.3, 0.4) is 0 Å². The van der Waals surface area contributed by atoms with Crippen molar-refractivity contribution < 1.29 is 9.47 Å². The molecule has 2 aliphatic heterocycles. The van der Waals surface area contributed by atoms with Crippen LogP contribution in [-0.4, -0.2) is 62.1 Å². The van der Waals surface area contributed by atoms with Crippen molar-refractivity contribution in [1.29, 1.82) is 0 Å². The number of tetrazole rings is 1. The summed E-state index contributed by atoms with van der Waals surface area (Å²) in [6.45, 7) is 5.46. The predicted octanol–water partition coefficient (Wildman–Crippen LogP) is 3.83. The lowest BCUT2D eigenvalue weighted by atomic mass is 10.0. The molecule has 2 aliphatic rings. The monoisotopic (exact) mass is 520 g/mol. The summed E-state index contributed by atoms with van der Waals surface area (Å²) in [5, 5.41) is 16.0. The van der Waals surface area contributed by atoms with Crippen LogP contribution in [0.5, 0.6) is 0 Å². The van der Waals surface area contributed by atoms with E-state index >= 15 is 0 Å². The van der Waals surface area contributed by atoms with Gasteiger partial charge < -0.3 is 14.5 Å². The Morgan fingerprint density at radius 1 is 1.16 bits per heavy atom. The van der Waals surface area contributed by atoms with E-state index in [0.29, 0.717) is 31.0 Å². The average Bonchev–Trinajstić information content (AvgIpc) is 3.71. The normalized spacial score (nSPS) is 20.8. The topological polar surface area (TPSA) is 98.2 Å². The number of ether oxygens (including phenoxy) is 2. The van der Waals surface area contributed by atoms with Gasteiger partial charge in [-0.25, -0.2) is 4.68 Å². The maximum absolute atomic E-state index is 13.7. The number of para-hydroxylation sites is 1. The Bertz CT molecular complexity index is 1390. The Morgan fingerprint density at radius 3 is 2.76 bits per heavy atom. The van der Waals surface area contributed by atoms with Crippen LogP contribution in [0.25, 0.3) is 10.9 Å². The number of benzene rings is 1. The molecule has 37 heavy (non-hydrogen) atoms. The molecule has 1 aromatic carbocycles. The van der Waals surface area contributed by atoms with E-state index in [2.05, 4.69) is 42.9 Å². The zero-order valence-electron chi connectivity index (χ0n) is 21.0. The third kappa shape index (κ3) is 5.24. The minimum absolute atomic E-state index is 0.0735. The SMILES string of the molecule is Cc1cccc2cc([C@H](c3nnnn3C[C@H]3CCCO3)N(Cc3cccs3)C[C@H]3CCCO3)c(=O)[nH]c12. The van der Waals surface area contributed by atoms with Crippen LogP contribution in [0, 0.1) is 6.92 Å². The van der Waals surface area contributed by atoms with Crippen molar-refractivity contribution in [3.63, 3.8) is 0 Å². The number of rotatable bonds is 9. The maximum atomic E-state index is 13.7. The molecule has 3 atom stereocenters. The Labute approximate surface area is 219 Å². The number of aromatic nitrogens is 5. The lowest BCUT2D eigenvalue weighted by Gasteiger charge is -2.32. The molecule has 1 N–H and O–H groups in total. The second kappa shape index (κ2) is 10.8. The maximum Gasteiger partial charge on any atom is 0.253 e. The fourth-order valence-electron chi connectivity index (χ4n) is 5.53. The minimum Gasteiger partial charge on any atom is -0.377 e. The zero-order valence-corrected chi connectivity index (χ0v) is 21.8. The highest BCUT2D eigenvalue weighted by Gasteiger charge is 2.34. The van der Waals surface area contributed by atoms with E-state index in [1.165, 1.54) is 4.88 Å². The minimum atomic E-state index is -0.448. The Kier molecular flexibility index (Phi) is 7.14. The molecule has 0 radical (unpaired) electrons. The summed E-state index contributed by atoms with van der Waals surface area (Å²) in [4.78, 5) is 20.4. The van der Waals surface area contributed by atoms with E-state index in [-0.39, 0.29) is 17.8 Å². The third-order valence-corrected chi connectivity index (χ3v) is 8.24. The molecule has 0 unspecified atom stereocenters. The molecular formula is C27H32N6O3S. The van der Waals surface area contributed by atoms with Crippen LogP contribution in [0.2, 0.25) is 0 Å². The summed E-state index contributed by atoms with van der Waals surface area (Å²) in [7, 11) is 0. The Hall–Kier alpha value is -2.92. The summed E-state index contributed by atoms with van der Waals surface area (Å²) in [6.07, 6.45) is 4.25. The van der Waals surface area contributed by atoms with E-state index in [4.69, 9.17) is 9.47 Å². The number of thiophene rings is 1. The number of pyridine rings is 1. The summed E-state index contributed by atoms with van der Waals surface area (Å²) < 4.78 is 13.8. The summed E-state index contributed by atoms with van der Waals surface area (Å²) in [5.74, 6) is 0.655. The lowest BCUT2D eigenvalue weighted by Crippen LogP contribution is -2.39. The number of H-pyrrole nitrogens is 1. The fraction of sp³-hybridized carbons (Fsp3) is 0.481. The summed E-state index contributed by atoms with van der Waals surface area (Å²) >= 11 is 1.71. The van der Waals surface area contributed by atoms with Crippen LogP contribution in [-0.2, 0) is 22.6 Å². The molecule has 0 amide bonds. The molecule has 2 fully saturated rings. The van der Waals surface area contributed by atoms with E-state index in [0.717, 1.165) is 55.4 Å². The Morgan fingerprint density at radius 2 is 2.00 bits per heavy atom. The first kappa shape index (κ1) is 24.4. The average molecular weight is 521 g/mol. The van der Waals surface area contributed by atoms with Gasteiger partial charge in [0.1, 0.15) is 6.04 Å². The summed E-state index contributed by atoms with van der Waals surface area (Å²) in [5.41, 5.74) is 2.41. The van der Waals surface area contributed by atoms with Crippen molar-refractivity contribution >= 4 is 22.2 Å². The molecule has 0 bridgehead atoms. The number of nitrogens with one attached hydrogen (secondary N) is 1. The molecule has 9 nitrogen and oxygen atoms in total. The van der Waals surface area contributed by atoms with Crippen molar-refractivity contribution in [1.82, 2.24) is 30.1 Å². The largest absolute Gasteiger partial charge is 0.377 e. The number of aromatic amines is 1. The third-order valence-electron chi connectivity index (χ3n) is 7.38. The first-order valence-corrected chi connectivity index (χ1v) is 13.9. The van der Waals surface area contributed by atoms with E-state index in [1.54, 1.807) is 11.3 Å². The standard InChI is InChI=1S/C27H32N6O3S/c1-18-6-2-7-19-14-23(27(34)28-24(18)19)25(26-29-30-31-33(26)16-21-9-4-12-36-21)32(15-20-8-3-11-35-20)17-22-10-5-13-37-22/h2,5-7,10,13-14,20-21,25H,3-4,8-9,11-12,15-17H2,1H3,(H,28,34)/t20-,21-,25-/m1/s1. The lowest BCUT2D eigenvalue weighted by molar-refractivity contribution is 0.0559. The smallest absolute Gasteiger partial charge is 0.253 e. The van der Waals surface area contributed by atoms with Gasteiger partial charge in [0.15, 0.2) is 5.82 Å². The van der Waals surface area contributed by atoms with Gasteiger partial charge in [0, 0.05) is 36.7 Å². The highest BCUT2D eigenvalue weighted by atomic mass is 32.1. The second-order valence-corrected chi connectivity index (χ2v) is 11.0. The highest BCUT2D eigenvalue weighted by molar-refractivity contribution is 7.09. The molecule has 0 aliphatic carbocycles. The Balaban J connectivity index is 1.47. The van der Waals surface area contributed by atoms with Gasteiger partial charge in [0.05, 0.1) is 24.3 Å². The van der Waals surface area contributed by atoms with Crippen LogP contribution < -0.4 is 5.56 Å². The van der Waals surface area contributed by atoms with Gasteiger partial charge in [-0.15, -0.1) is 16.4 Å². The van der Waals surface area contributed by atoms with E-state index < -0.39 is 6.04 Å². The first-order valence-electron chi connectivity index (χ1n) is 13.0. The molecule has 2 saturated heterocycles. The fourth-order valence-corrected chi connectivity index (χ4v) is 6.26. The van der Waals surface area contributed by atoms with Crippen LogP contribution in [0.1, 0.15) is 53.6 Å². The first-order chi connectivity index (χ1) is 18.2. The molecule has 4 aromatic rings. The molecule has 0 saturated carbocycles. The molecule has 3 aromatic heterocycles. The number of aryl methyl sites for hydroxylation is 1. The molecular weight excluding hydrogens is 488 g/mol. The number of fused-ring (bicyclic) bond motifs is 1. The quantitative estimate of drug-likeness (QED) is 0.358. The molecule has 194 valence electrons. The van der Waals surface area contributed by atoms with Crippen LogP contribution in [0.4, 0.5) is 0 Å². The highest BCUT2D eigenvalue weighted by Crippen LogP contribution is 2.31. The van der Waals surface area contributed by atoms with Gasteiger partial charge in [-0.05, 0) is 71.5 Å². The van der Waals surface area contributed by atoms with Gasteiger partial charge in [0.2, 0.25) is 0 Å². The van der Waals surface area contributed by atoms with Crippen molar-refractivity contribution in [2.45, 2.75) is 63.9 Å². The molecule has 10 heteroatoms. The van der Waals surface area contributed by atoms with Crippen molar-refractivity contribution in [3.8, 4) is 0 Å². The van der Waals surface area contributed by atoms with Crippen molar-refractivity contribution in [2.24, 2.45) is 0 Å². The van der Waals surface area contributed by atoms with Gasteiger partial charge in [-0.3, -0.25) is 9.69 Å². The van der Waals surface area contributed by atoms with Gasteiger partial charge in [-0.1, -0.05) is 24.3 Å².